The molecule has 3 nitrogen and oxygen atoms in total. The lowest BCUT2D eigenvalue weighted by Crippen LogP contribution is -2.36. The van der Waals surface area contributed by atoms with Crippen molar-refractivity contribution in [2.45, 2.75) is 32.6 Å². The van der Waals surface area contributed by atoms with E-state index in [1.807, 2.05) is 0 Å². The number of thiocarbonyl (C=S) groups is 1. The van der Waals surface area contributed by atoms with Crippen LogP contribution in [0.5, 0.6) is 0 Å². The number of hydrogen-bond donors (Lipinski definition) is 2. The fourth-order valence-electron chi connectivity index (χ4n) is 1.21. The first-order valence-electron chi connectivity index (χ1n) is 5.92. The first kappa shape index (κ1) is 12.7. The van der Waals surface area contributed by atoms with Crippen LogP contribution in [0.15, 0.2) is 0 Å². The Balaban J connectivity index is 1.76. The molecule has 0 heterocycles. The van der Waals surface area contributed by atoms with Gasteiger partial charge in [0.25, 0.3) is 0 Å². The minimum Gasteiger partial charge on any atom is -0.381 e. The zero-order chi connectivity index (χ0) is 10.9. The van der Waals surface area contributed by atoms with Gasteiger partial charge in [0.2, 0.25) is 0 Å². The Morgan fingerprint density at radius 1 is 1.33 bits per heavy atom. The summed E-state index contributed by atoms with van der Waals surface area (Å²) < 4.78 is 5.52. The third-order valence-corrected chi connectivity index (χ3v) is 2.63. The Bertz CT molecular complexity index is 183. The van der Waals surface area contributed by atoms with Crippen LogP contribution in [0.3, 0.4) is 0 Å². The van der Waals surface area contributed by atoms with Crippen LogP contribution in [0.25, 0.3) is 0 Å². The van der Waals surface area contributed by atoms with E-state index >= 15 is 0 Å². The Morgan fingerprint density at radius 2 is 2.07 bits per heavy atom. The molecule has 0 aromatic heterocycles. The van der Waals surface area contributed by atoms with E-state index in [0.29, 0.717) is 0 Å². The molecular weight excluding hydrogens is 208 g/mol. The maximum Gasteiger partial charge on any atom is 0.166 e. The molecule has 0 unspecified atom stereocenters. The summed E-state index contributed by atoms with van der Waals surface area (Å²) in [6.45, 7) is 5.78. The molecule has 1 saturated carbocycles. The van der Waals surface area contributed by atoms with Crippen LogP contribution in [0.1, 0.15) is 32.6 Å². The predicted octanol–water partition coefficient (Wildman–Crippen LogP) is 1.68. The van der Waals surface area contributed by atoms with E-state index in [1.165, 1.54) is 12.8 Å². The monoisotopic (exact) mass is 230 g/mol. The normalized spacial score (nSPS) is 15.0. The van der Waals surface area contributed by atoms with Gasteiger partial charge in [0.05, 0.1) is 0 Å². The quantitative estimate of drug-likeness (QED) is 0.491. The van der Waals surface area contributed by atoms with Crippen molar-refractivity contribution in [2.75, 3.05) is 26.3 Å². The van der Waals surface area contributed by atoms with Gasteiger partial charge in [0.1, 0.15) is 0 Å². The number of rotatable bonds is 8. The van der Waals surface area contributed by atoms with Crippen LogP contribution in [0.2, 0.25) is 0 Å². The Labute approximate surface area is 98.0 Å². The second kappa shape index (κ2) is 7.88. The smallest absolute Gasteiger partial charge is 0.166 e. The van der Waals surface area contributed by atoms with Gasteiger partial charge in [-0.25, -0.2) is 0 Å². The molecule has 0 atom stereocenters. The van der Waals surface area contributed by atoms with Gasteiger partial charge < -0.3 is 15.4 Å². The number of hydrogen-bond acceptors (Lipinski definition) is 2. The van der Waals surface area contributed by atoms with Crippen LogP contribution < -0.4 is 10.6 Å². The van der Waals surface area contributed by atoms with Gasteiger partial charge in [-0.1, -0.05) is 6.92 Å². The number of ether oxygens (including phenoxy) is 1. The second-order valence-electron chi connectivity index (χ2n) is 4.05. The maximum absolute atomic E-state index is 5.52. The van der Waals surface area contributed by atoms with Crippen molar-refractivity contribution in [3.8, 4) is 0 Å². The highest BCUT2D eigenvalue weighted by Gasteiger charge is 2.20. The maximum atomic E-state index is 5.52. The molecule has 0 spiro atoms. The molecule has 1 rings (SSSR count). The van der Waals surface area contributed by atoms with Crippen molar-refractivity contribution in [3.63, 3.8) is 0 Å². The van der Waals surface area contributed by atoms with Crippen molar-refractivity contribution in [2.24, 2.45) is 5.92 Å². The number of nitrogens with one attached hydrogen (secondary N) is 2. The first-order chi connectivity index (χ1) is 7.33. The summed E-state index contributed by atoms with van der Waals surface area (Å²) in [5.41, 5.74) is 0. The Morgan fingerprint density at radius 3 is 2.73 bits per heavy atom. The SMILES string of the molecule is CCCNC(=S)NCCCOCC1CC1. The third-order valence-electron chi connectivity index (χ3n) is 2.34. The minimum atomic E-state index is 0.763. The summed E-state index contributed by atoms with van der Waals surface area (Å²) >= 11 is 5.09. The van der Waals surface area contributed by atoms with Gasteiger partial charge in [-0.05, 0) is 43.8 Å². The zero-order valence-corrected chi connectivity index (χ0v) is 10.4. The molecule has 4 heteroatoms. The van der Waals surface area contributed by atoms with E-state index in [-0.39, 0.29) is 0 Å². The molecule has 88 valence electrons. The molecule has 0 radical (unpaired) electrons. The van der Waals surface area contributed by atoms with Crippen molar-refractivity contribution < 1.29 is 4.74 Å². The van der Waals surface area contributed by atoms with E-state index in [2.05, 4.69) is 17.6 Å². The van der Waals surface area contributed by atoms with E-state index < -0.39 is 0 Å². The zero-order valence-electron chi connectivity index (χ0n) is 9.55. The molecule has 0 aliphatic heterocycles. The molecule has 2 N–H and O–H groups in total. The van der Waals surface area contributed by atoms with E-state index in [1.54, 1.807) is 0 Å². The molecular formula is C11H22N2OS. The van der Waals surface area contributed by atoms with E-state index in [9.17, 15) is 0 Å². The van der Waals surface area contributed by atoms with Crippen molar-refractivity contribution in [1.82, 2.24) is 10.6 Å². The van der Waals surface area contributed by atoms with Gasteiger partial charge in [0.15, 0.2) is 5.11 Å². The summed E-state index contributed by atoms with van der Waals surface area (Å²) in [4.78, 5) is 0. The van der Waals surface area contributed by atoms with E-state index in [4.69, 9.17) is 17.0 Å². The molecule has 15 heavy (non-hydrogen) atoms. The highest BCUT2D eigenvalue weighted by atomic mass is 32.1. The first-order valence-corrected chi connectivity index (χ1v) is 6.33. The lowest BCUT2D eigenvalue weighted by atomic mass is 10.4. The second-order valence-corrected chi connectivity index (χ2v) is 4.46. The summed E-state index contributed by atoms with van der Waals surface area (Å²) in [5.74, 6) is 0.866. The summed E-state index contributed by atoms with van der Waals surface area (Å²) in [6.07, 6.45) is 4.86. The summed E-state index contributed by atoms with van der Waals surface area (Å²) in [7, 11) is 0. The summed E-state index contributed by atoms with van der Waals surface area (Å²) in [5, 5.41) is 7.06. The third kappa shape index (κ3) is 7.56. The standard InChI is InChI=1S/C11H22N2OS/c1-2-6-12-11(15)13-7-3-8-14-9-10-4-5-10/h10H,2-9H2,1H3,(H2,12,13,15). The Kier molecular flexibility index (Phi) is 6.68. The van der Waals surface area contributed by atoms with Gasteiger partial charge in [-0.2, -0.15) is 0 Å². The van der Waals surface area contributed by atoms with Crippen LogP contribution in [0, 0.1) is 5.92 Å². The molecule has 0 aromatic rings. The van der Waals surface area contributed by atoms with E-state index in [0.717, 1.165) is 50.2 Å². The molecule has 1 fully saturated rings. The minimum absolute atomic E-state index is 0.763. The lowest BCUT2D eigenvalue weighted by Gasteiger charge is -2.09. The topological polar surface area (TPSA) is 33.3 Å². The molecule has 0 amide bonds. The molecule has 0 saturated heterocycles. The lowest BCUT2D eigenvalue weighted by molar-refractivity contribution is 0.123. The van der Waals surface area contributed by atoms with Gasteiger partial charge in [0, 0.05) is 26.3 Å². The van der Waals surface area contributed by atoms with Crippen LogP contribution >= 0.6 is 12.2 Å². The van der Waals surface area contributed by atoms with Crippen molar-refractivity contribution in [3.05, 3.63) is 0 Å². The predicted molar refractivity (Wildman–Crippen MR) is 67.1 cm³/mol. The molecule has 0 bridgehead atoms. The molecule has 0 aromatic carbocycles. The fourth-order valence-corrected chi connectivity index (χ4v) is 1.42. The van der Waals surface area contributed by atoms with Crippen molar-refractivity contribution >= 4 is 17.3 Å². The largest absolute Gasteiger partial charge is 0.381 e. The Hall–Kier alpha value is -0.350. The highest BCUT2D eigenvalue weighted by Crippen LogP contribution is 2.28. The van der Waals surface area contributed by atoms with Gasteiger partial charge in [-0.3, -0.25) is 0 Å². The molecule has 1 aliphatic carbocycles. The summed E-state index contributed by atoms with van der Waals surface area (Å²) in [6, 6.07) is 0. The average Bonchev–Trinajstić information content (AvgIpc) is 3.04. The fraction of sp³-hybridized carbons (Fsp3) is 0.909. The van der Waals surface area contributed by atoms with Gasteiger partial charge >= 0.3 is 0 Å². The highest BCUT2D eigenvalue weighted by molar-refractivity contribution is 7.80. The average molecular weight is 230 g/mol. The van der Waals surface area contributed by atoms with Crippen LogP contribution in [-0.2, 0) is 4.74 Å². The van der Waals surface area contributed by atoms with Gasteiger partial charge in [-0.15, -0.1) is 0 Å². The van der Waals surface area contributed by atoms with Crippen LogP contribution in [-0.4, -0.2) is 31.4 Å². The molecule has 1 aliphatic rings. The van der Waals surface area contributed by atoms with Crippen LogP contribution in [0.4, 0.5) is 0 Å². The van der Waals surface area contributed by atoms with Crippen molar-refractivity contribution in [1.29, 1.82) is 0 Å².